The van der Waals surface area contributed by atoms with Gasteiger partial charge in [-0.1, -0.05) is 5.92 Å². The second kappa shape index (κ2) is 9.17. The molecule has 0 atom stereocenters. The van der Waals surface area contributed by atoms with Crippen molar-refractivity contribution < 1.29 is 7.77 Å². The highest BCUT2D eigenvalue weighted by molar-refractivity contribution is 7.94. The van der Waals surface area contributed by atoms with Gasteiger partial charge in [-0.25, -0.2) is 0 Å². The van der Waals surface area contributed by atoms with Crippen molar-refractivity contribution in [3.63, 3.8) is 0 Å². The summed E-state index contributed by atoms with van der Waals surface area (Å²) in [5, 5.41) is 0. The Morgan fingerprint density at radius 3 is 2.00 bits per heavy atom. The summed E-state index contributed by atoms with van der Waals surface area (Å²) in [5.74, 6) is 3.22. The van der Waals surface area contributed by atoms with Gasteiger partial charge in [0, 0.05) is 48.9 Å². The van der Waals surface area contributed by atoms with Crippen LogP contribution in [0.3, 0.4) is 0 Å². The number of rotatable bonds is 7. The molecule has 0 spiro atoms. The van der Waals surface area contributed by atoms with Crippen LogP contribution < -0.4 is 0 Å². The van der Waals surface area contributed by atoms with E-state index in [1.54, 1.807) is 0 Å². The average Bonchev–Trinajstić information content (AvgIpc) is 2.10. The predicted octanol–water partition coefficient (Wildman–Crippen LogP) is 2.16. The van der Waals surface area contributed by atoms with Gasteiger partial charge < -0.3 is 0 Å². The quantitative estimate of drug-likeness (QED) is 0.594. The third-order valence-corrected chi connectivity index (χ3v) is 1.96. The lowest BCUT2D eigenvalue weighted by atomic mass is 10.5. The first-order valence-electron chi connectivity index (χ1n) is 3.48. The van der Waals surface area contributed by atoms with Crippen LogP contribution in [0.15, 0.2) is 0 Å². The Kier molecular flexibility index (Phi) is 9.23. The van der Waals surface area contributed by atoms with Crippen molar-refractivity contribution in [2.45, 2.75) is 0 Å². The molecule has 70 valence electrons. The van der Waals surface area contributed by atoms with E-state index in [2.05, 4.69) is 5.92 Å². The molecule has 0 aromatic rings. The summed E-state index contributed by atoms with van der Waals surface area (Å²) < 4.78 is 23.4. The molecule has 0 unspecified atom stereocenters. The standard InChI is InChI=1S/C7H11F2NS2/c1-2-3-10(4-6-11-8)5-7-12-9/h1H,3-7H2. The third kappa shape index (κ3) is 6.77. The highest BCUT2D eigenvalue weighted by Gasteiger charge is 2.02. The summed E-state index contributed by atoms with van der Waals surface area (Å²) in [6.45, 7) is 1.61. The minimum atomic E-state index is 0.278. The van der Waals surface area contributed by atoms with Gasteiger partial charge in [0.1, 0.15) is 0 Å². The Hall–Kier alpha value is 0.0800. The molecular weight excluding hydrogens is 200 g/mol. The molecule has 0 aliphatic carbocycles. The number of halogens is 2. The smallest absolute Gasteiger partial charge is 0.0599 e. The first kappa shape index (κ1) is 12.1. The number of nitrogens with zero attached hydrogens (tertiary/aromatic N) is 1. The second-order valence-electron chi connectivity index (χ2n) is 2.11. The minimum Gasteiger partial charge on any atom is -0.291 e. The molecule has 0 aromatic carbocycles. The summed E-state index contributed by atoms with van der Waals surface area (Å²) >= 11 is 0.557. The first-order chi connectivity index (χ1) is 5.85. The molecule has 0 aliphatic rings. The van der Waals surface area contributed by atoms with Crippen LogP contribution in [0.2, 0.25) is 0 Å². The van der Waals surface area contributed by atoms with Gasteiger partial charge in [0.15, 0.2) is 0 Å². The summed E-state index contributed by atoms with van der Waals surface area (Å²) in [6.07, 6.45) is 5.08. The number of hydrogen-bond acceptors (Lipinski definition) is 3. The van der Waals surface area contributed by atoms with E-state index in [1.165, 1.54) is 0 Å². The van der Waals surface area contributed by atoms with Crippen molar-refractivity contribution in [3.8, 4) is 12.3 Å². The van der Waals surface area contributed by atoms with Crippen LogP contribution in [-0.4, -0.2) is 36.0 Å². The zero-order valence-corrected chi connectivity index (χ0v) is 8.27. The molecule has 0 amide bonds. The van der Waals surface area contributed by atoms with Crippen LogP contribution in [0, 0.1) is 12.3 Å². The van der Waals surface area contributed by atoms with Gasteiger partial charge in [0.25, 0.3) is 0 Å². The molecule has 5 heteroatoms. The van der Waals surface area contributed by atoms with Crippen LogP contribution in [0.5, 0.6) is 0 Å². The molecule has 0 saturated heterocycles. The molecule has 0 rings (SSSR count). The first-order valence-corrected chi connectivity index (χ1v) is 5.25. The van der Waals surface area contributed by atoms with E-state index in [1.807, 2.05) is 4.90 Å². The highest BCUT2D eigenvalue weighted by Crippen LogP contribution is 2.04. The fourth-order valence-corrected chi connectivity index (χ4v) is 1.38. The fourth-order valence-electron chi connectivity index (χ4n) is 0.726. The van der Waals surface area contributed by atoms with Gasteiger partial charge in [-0.05, 0) is 0 Å². The molecule has 0 fully saturated rings. The van der Waals surface area contributed by atoms with Crippen molar-refractivity contribution in [1.29, 1.82) is 0 Å². The van der Waals surface area contributed by atoms with Crippen molar-refractivity contribution in [2.24, 2.45) is 0 Å². The van der Waals surface area contributed by atoms with E-state index in [4.69, 9.17) is 6.42 Å². The van der Waals surface area contributed by atoms with Gasteiger partial charge in [0.2, 0.25) is 0 Å². The van der Waals surface area contributed by atoms with Gasteiger partial charge >= 0.3 is 0 Å². The largest absolute Gasteiger partial charge is 0.291 e. The topological polar surface area (TPSA) is 3.24 Å². The van der Waals surface area contributed by atoms with E-state index in [0.29, 0.717) is 31.1 Å². The lowest BCUT2D eigenvalue weighted by Gasteiger charge is -2.16. The molecule has 0 aliphatic heterocycles. The summed E-state index contributed by atoms with van der Waals surface area (Å²) in [7, 11) is 0. The van der Waals surface area contributed by atoms with Crippen molar-refractivity contribution in [2.75, 3.05) is 31.1 Å². The van der Waals surface area contributed by atoms with Gasteiger partial charge in [-0.15, -0.1) is 6.42 Å². The molecule has 0 bridgehead atoms. The molecule has 0 saturated carbocycles. The van der Waals surface area contributed by atoms with Gasteiger partial charge in [-0.3, -0.25) is 4.90 Å². The summed E-state index contributed by atoms with van der Waals surface area (Å²) in [4.78, 5) is 1.85. The third-order valence-electron chi connectivity index (χ3n) is 1.28. The lowest BCUT2D eigenvalue weighted by molar-refractivity contribution is 0.347. The van der Waals surface area contributed by atoms with Gasteiger partial charge in [0.05, 0.1) is 6.54 Å². The molecule has 0 radical (unpaired) electrons. The summed E-state index contributed by atoms with van der Waals surface area (Å²) in [6, 6.07) is 0. The zero-order valence-electron chi connectivity index (χ0n) is 6.63. The molecule has 1 nitrogen and oxygen atoms in total. The van der Waals surface area contributed by atoms with Crippen LogP contribution in [0.1, 0.15) is 0 Å². The highest BCUT2D eigenvalue weighted by atomic mass is 32.2. The summed E-state index contributed by atoms with van der Waals surface area (Å²) in [5.41, 5.74) is 0. The van der Waals surface area contributed by atoms with E-state index >= 15 is 0 Å². The van der Waals surface area contributed by atoms with Crippen molar-refractivity contribution >= 4 is 24.3 Å². The number of terminal acetylenes is 1. The molecule has 12 heavy (non-hydrogen) atoms. The Morgan fingerprint density at radius 1 is 1.17 bits per heavy atom. The zero-order chi connectivity index (χ0) is 9.23. The molecule has 0 heterocycles. The van der Waals surface area contributed by atoms with Gasteiger partial charge in [-0.2, -0.15) is 7.77 Å². The normalized spacial score (nSPS) is 10.2. The lowest BCUT2D eigenvalue weighted by Crippen LogP contribution is -2.28. The minimum absolute atomic E-state index is 0.278. The SMILES string of the molecule is C#CCN(CCSF)CCSF. The van der Waals surface area contributed by atoms with E-state index in [-0.39, 0.29) is 24.3 Å². The van der Waals surface area contributed by atoms with E-state index in [0.717, 1.165) is 0 Å². The average molecular weight is 211 g/mol. The fraction of sp³-hybridized carbons (Fsp3) is 0.714. The molecule has 0 aromatic heterocycles. The maximum absolute atomic E-state index is 11.7. The Labute approximate surface area is 80.9 Å². The van der Waals surface area contributed by atoms with Crippen LogP contribution in [0.4, 0.5) is 7.77 Å². The van der Waals surface area contributed by atoms with E-state index < -0.39 is 0 Å². The Bertz CT molecular complexity index is 130. The van der Waals surface area contributed by atoms with Crippen molar-refractivity contribution in [3.05, 3.63) is 0 Å². The van der Waals surface area contributed by atoms with Crippen LogP contribution in [-0.2, 0) is 0 Å². The monoisotopic (exact) mass is 211 g/mol. The molecule has 0 N–H and O–H groups in total. The predicted molar refractivity (Wildman–Crippen MR) is 52.4 cm³/mol. The van der Waals surface area contributed by atoms with Crippen molar-refractivity contribution in [1.82, 2.24) is 4.90 Å². The van der Waals surface area contributed by atoms with Crippen LogP contribution >= 0.6 is 24.3 Å². The Morgan fingerprint density at radius 2 is 1.67 bits per heavy atom. The second-order valence-corrected chi connectivity index (χ2v) is 3.36. The molecular formula is C7H11F2NS2. The number of hydrogen-bond donors (Lipinski definition) is 0. The maximum Gasteiger partial charge on any atom is 0.0599 e. The van der Waals surface area contributed by atoms with Crippen LogP contribution in [0.25, 0.3) is 0 Å². The van der Waals surface area contributed by atoms with E-state index in [9.17, 15) is 7.77 Å². The maximum atomic E-state index is 11.7. The Balaban J connectivity index is 3.48.